The third-order valence-corrected chi connectivity index (χ3v) is 5.49. The van der Waals surface area contributed by atoms with E-state index < -0.39 is 0 Å². The van der Waals surface area contributed by atoms with Crippen LogP contribution in [-0.4, -0.2) is 38.2 Å². The lowest BCUT2D eigenvalue weighted by atomic mass is 10.2. The molecule has 0 aliphatic carbocycles. The highest BCUT2D eigenvalue weighted by atomic mass is 16.5. The molecule has 34 heavy (non-hydrogen) atoms. The number of aryl methyl sites for hydroxylation is 2. The Balaban J connectivity index is 1.36. The third-order valence-electron chi connectivity index (χ3n) is 5.49. The van der Waals surface area contributed by atoms with E-state index in [9.17, 15) is 9.59 Å². The van der Waals surface area contributed by atoms with Gasteiger partial charge < -0.3 is 24.4 Å². The Morgan fingerprint density at radius 3 is 2.44 bits per heavy atom. The van der Waals surface area contributed by atoms with Crippen LogP contribution < -0.4 is 24.4 Å². The molecule has 3 aromatic rings. The molecule has 0 radical (unpaired) electrons. The normalized spacial score (nSPS) is 12.5. The standard InChI is InChI=1S/C27H28N2O5/c1-3-20-6-11-23(12-7-20)33-17-26(30)28-21-8-13-25-24(16-21)29(27(31)18-34-25)14-15-32-22-9-4-19(2)5-10-22/h4-13,16H,3,14-15,17-18H2,1-2H3,(H,28,30). The van der Waals surface area contributed by atoms with Crippen LogP contribution in [0.25, 0.3) is 0 Å². The Kier molecular flexibility index (Phi) is 7.32. The minimum absolute atomic E-state index is 0.0338. The van der Waals surface area contributed by atoms with E-state index >= 15 is 0 Å². The van der Waals surface area contributed by atoms with Crippen molar-refractivity contribution in [3.63, 3.8) is 0 Å². The maximum atomic E-state index is 12.5. The number of hydrogen-bond donors (Lipinski definition) is 1. The van der Waals surface area contributed by atoms with Gasteiger partial charge in [0.1, 0.15) is 23.9 Å². The average Bonchev–Trinajstić information content (AvgIpc) is 2.85. The fourth-order valence-electron chi connectivity index (χ4n) is 3.58. The van der Waals surface area contributed by atoms with Gasteiger partial charge in [0, 0.05) is 5.69 Å². The van der Waals surface area contributed by atoms with Gasteiger partial charge in [-0.05, 0) is 61.4 Å². The van der Waals surface area contributed by atoms with Crippen LogP contribution in [0.2, 0.25) is 0 Å². The summed E-state index contributed by atoms with van der Waals surface area (Å²) in [6, 6.07) is 20.6. The van der Waals surface area contributed by atoms with Gasteiger partial charge in [-0.1, -0.05) is 36.8 Å². The van der Waals surface area contributed by atoms with Gasteiger partial charge in [-0.15, -0.1) is 0 Å². The molecule has 176 valence electrons. The molecule has 1 heterocycles. The maximum absolute atomic E-state index is 12.5. The number of carbonyl (C=O) groups is 2. The number of ether oxygens (including phenoxy) is 3. The minimum atomic E-state index is -0.295. The van der Waals surface area contributed by atoms with E-state index in [4.69, 9.17) is 14.2 Å². The Hall–Kier alpha value is -4.00. The fourth-order valence-corrected chi connectivity index (χ4v) is 3.58. The molecular formula is C27H28N2O5. The maximum Gasteiger partial charge on any atom is 0.265 e. The Bertz CT molecular complexity index is 1140. The van der Waals surface area contributed by atoms with Gasteiger partial charge in [0.15, 0.2) is 13.2 Å². The summed E-state index contributed by atoms with van der Waals surface area (Å²) >= 11 is 0. The van der Waals surface area contributed by atoms with Crippen molar-refractivity contribution in [3.05, 3.63) is 77.9 Å². The molecule has 0 fully saturated rings. The topological polar surface area (TPSA) is 77.1 Å². The highest BCUT2D eigenvalue weighted by Crippen LogP contribution is 2.34. The minimum Gasteiger partial charge on any atom is -0.492 e. The highest BCUT2D eigenvalue weighted by Gasteiger charge is 2.26. The monoisotopic (exact) mass is 460 g/mol. The molecule has 0 aromatic heterocycles. The van der Waals surface area contributed by atoms with Crippen LogP contribution in [0.15, 0.2) is 66.7 Å². The number of hydrogen-bond acceptors (Lipinski definition) is 5. The van der Waals surface area contributed by atoms with Gasteiger partial charge in [-0.2, -0.15) is 0 Å². The quantitative estimate of drug-likeness (QED) is 0.513. The van der Waals surface area contributed by atoms with Crippen LogP contribution >= 0.6 is 0 Å². The van der Waals surface area contributed by atoms with E-state index in [1.807, 2.05) is 55.5 Å². The van der Waals surface area contributed by atoms with Crippen LogP contribution in [0.1, 0.15) is 18.1 Å². The first-order valence-corrected chi connectivity index (χ1v) is 11.3. The van der Waals surface area contributed by atoms with Crippen LogP contribution in [0.5, 0.6) is 17.2 Å². The SMILES string of the molecule is CCc1ccc(OCC(=O)Nc2ccc3c(c2)N(CCOc2ccc(C)cc2)C(=O)CO3)cc1. The van der Waals surface area contributed by atoms with E-state index in [0.717, 1.165) is 17.7 Å². The van der Waals surface area contributed by atoms with Crippen molar-refractivity contribution in [2.45, 2.75) is 20.3 Å². The van der Waals surface area contributed by atoms with E-state index in [2.05, 4.69) is 12.2 Å². The molecule has 2 amide bonds. The number of nitrogens with one attached hydrogen (secondary N) is 1. The second-order valence-corrected chi connectivity index (χ2v) is 8.01. The van der Waals surface area contributed by atoms with E-state index in [1.54, 1.807) is 23.1 Å². The lowest BCUT2D eigenvalue weighted by Crippen LogP contribution is -2.41. The highest BCUT2D eigenvalue weighted by molar-refractivity contribution is 5.99. The summed E-state index contributed by atoms with van der Waals surface area (Å²) in [5.74, 6) is 1.51. The van der Waals surface area contributed by atoms with Crippen LogP contribution in [0.4, 0.5) is 11.4 Å². The molecule has 0 bridgehead atoms. The molecule has 1 aliphatic rings. The first-order valence-electron chi connectivity index (χ1n) is 11.3. The lowest BCUT2D eigenvalue weighted by Gasteiger charge is -2.29. The molecule has 1 N–H and O–H groups in total. The zero-order chi connectivity index (χ0) is 23.9. The summed E-state index contributed by atoms with van der Waals surface area (Å²) in [6.07, 6.45) is 0.945. The van der Waals surface area contributed by atoms with Gasteiger partial charge in [0.25, 0.3) is 11.8 Å². The summed E-state index contributed by atoms with van der Waals surface area (Å²) in [7, 11) is 0. The summed E-state index contributed by atoms with van der Waals surface area (Å²) < 4.78 is 16.9. The number of amides is 2. The number of anilines is 2. The van der Waals surface area contributed by atoms with Crippen molar-refractivity contribution in [2.24, 2.45) is 0 Å². The van der Waals surface area contributed by atoms with E-state index in [-0.39, 0.29) is 25.0 Å². The summed E-state index contributed by atoms with van der Waals surface area (Å²) in [4.78, 5) is 26.5. The molecular weight excluding hydrogens is 432 g/mol. The molecule has 3 aromatic carbocycles. The Morgan fingerprint density at radius 1 is 1.00 bits per heavy atom. The van der Waals surface area contributed by atoms with Crippen LogP contribution in [-0.2, 0) is 16.0 Å². The Morgan fingerprint density at radius 2 is 1.71 bits per heavy atom. The second kappa shape index (κ2) is 10.7. The van der Waals surface area contributed by atoms with Gasteiger partial charge in [0.2, 0.25) is 0 Å². The van der Waals surface area contributed by atoms with Crippen molar-refractivity contribution in [2.75, 3.05) is 36.6 Å². The number of carbonyl (C=O) groups excluding carboxylic acids is 2. The molecule has 0 unspecified atom stereocenters. The molecule has 7 nitrogen and oxygen atoms in total. The third kappa shape index (κ3) is 5.86. The molecule has 0 saturated carbocycles. The molecule has 7 heteroatoms. The van der Waals surface area contributed by atoms with Gasteiger partial charge in [0.05, 0.1) is 12.2 Å². The number of rotatable bonds is 9. The number of fused-ring (bicyclic) bond motifs is 1. The molecule has 1 aliphatic heterocycles. The smallest absolute Gasteiger partial charge is 0.265 e. The van der Waals surface area contributed by atoms with Gasteiger partial charge >= 0.3 is 0 Å². The first-order chi connectivity index (χ1) is 16.5. The zero-order valence-electron chi connectivity index (χ0n) is 19.4. The summed E-state index contributed by atoms with van der Waals surface area (Å²) in [6.45, 7) is 4.63. The van der Waals surface area contributed by atoms with Crippen LogP contribution in [0, 0.1) is 6.92 Å². The van der Waals surface area contributed by atoms with Gasteiger partial charge in [-0.3, -0.25) is 9.59 Å². The Labute approximate surface area is 199 Å². The van der Waals surface area contributed by atoms with E-state index in [0.29, 0.717) is 36.0 Å². The van der Waals surface area contributed by atoms with Crippen LogP contribution in [0.3, 0.4) is 0 Å². The molecule has 0 spiro atoms. The number of nitrogens with zero attached hydrogens (tertiary/aromatic N) is 1. The van der Waals surface area contributed by atoms with E-state index in [1.165, 1.54) is 5.56 Å². The predicted molar refractivity (Wildman–Crippen MR) is 131 cm³/mol. The van der Waals surface area contributed by atoms with Crippen molar-refractivity contribution in [1.29, 1.82) is 0 Å². The van der Waals surface area contributed by atoms with Crippen molar-refractivity contribution >= 4 is 23.2 Å². The van der Waals surface area contributed by atoms with Crippen molar-refractivity contribution < 1.29 is 23.8 Å². The van der Waals surface area contributed by atoms with Crippen molar-refractivity contribution in [3.8, 4) is 17.2 Å². The number of benzene rings is 3. The molecule has 0 atom stereocenters. The molecule has 4 rings (SSSR count). The predicted octanol–water partition coefficient (Wildman–Crippen LogP) is 4.38. The zero-order valence-corrected chi connectivity index (χ0v) is 19.4. The van der Waals surface area contributed by atoms with Crippen molar-refractivity contribution in [1.82, 2.24) is 0 Å². The fraction of sp³-hybridized carbons (Fsp3) is 0.259. The average molecular weight is 461 g/mol. The molecule has 0 saturated heterocycles. The largest absolute Gasteiger partial charge is 0.492 e. The summed E-state index contributed by atoms with van der Waals surface area (Å²) in [5.41, 5.74) is 3.50. The second-order valence-electron chi connectivity index (χ2n) is 8.01. The summed E-state index contributed by atoms with van der Waals surface area (Å²) in [5, 5.41) is 2.82. The first kappa shape index (κ1) is 23.2. The lowest BCUT2D eigenvalue weighted by molar-refractivity contribution is -0.121. The van der Waals surface area contributed by atoms with Gasteiger partial charge in [-0.25, -0.2) is 0 Å².